The van der Waals surface area contributed by atoms with Crippen LogP contribution in [0.4, 0.5) is 0 Å². The van der Waals surface area contributed by atoms with Crippen molar-refractivity contribution in [2.24, 2.45) is 0 Å². The first-order chi connectivity index (χ1) is 14.4. The zero-order valence-corrected chi connectivity index (χ0v) is 17.5. The van der Waals surface area contributed by atoms with E-state index in [2.05, 4.69) is 15.0 Å². The lowest BCUT2D eigenvalue weighted by Gasteiger charge is -2.06. The Morgan fingerprint density at radius 2 is 1.80 bits per heavy atom. The summed E-state index contributed by atoms with van der Waals surface area (Å²) in [5, 5.41) is 2.81. The van der Waals surface area contributed by atoms with Crippen LogP contribution in [0, 0.1) is 0 Å². The summed E-state index contributed by atoms with van der Waals surface area (Å²) in [6.45, 7) is 0.307. The van der Waals surface area contributed by atoms with Crippen molar-refractivity contribution >= 4 is 15.9 Å². The second-order valence-corrected chi connectivity index (χ2v) is 8.36. The highest BCUT2D eigenvalue weighted by molar-refractivity contribution is 7.89. The monoisotopic (exact) mass is 429 g/mol. The number of oxazole rings is 1. The van der Waals surface area contributed by atoms with Crippen LogP contribution in [-0.4, -0.2) is 33.5 Å². The fraction of sp³-hybridized carbons (Fsp3) is 0.238. The summed E-state index contributed by atoms with van der Waals surface area (Å²) in [7, 11) is -0.503. The van der Waals surface area contributed by atoms with Crippen LogP contribution in [-0.2, 0) is 27.8 Å². The molecule has 8 nitrogen and oxygen atoms in total. The first kappa shape index (κ1) is 21.5. The number of nitrogens with zero attached hydrogens (tertiary/aromatic N) is 1. The van der Waals surface area contributed by atoms with Crippen molar-refractivity contribution in [1.82, 2.24) is 15.0 Å². The molecular weight excluding hydrogens is 406 g/mol. The molecular formula is C21H23N3O5S. The molecule has 2 aromatic carbocycles. The molecule has 3 rings (SSSR count). The van der Waals surface area contributed by atoms with E-state index < -0.39 is 10.0 Å². The molecule has 0 fully saturated rings. The van der Waals surface area contributed by atoms with Gasteiger partial charge in [-0.25, -0.2) is 18.1 Å². The molecule has 0 aliphatic rings. The van der Waals surface area contributed by atoms with Gasteiger partial charge in [-0.05, 0) is 49.0 Å². The maximum Gasteiger partial charge on any atom is 0.240 e. The van der Waals surface area contributed by atoms with Crippen LogP contribution in [0.15, 0.2) is 64.0 Å². The van der Waals surface area contributed by atoms with Crippen LogP contribution in [0.3, 0.4) is 0 Å². The number of nitrogens with one attached hydrogen (secondary N) is 2. The van der Waals surface area contributed by atoms with Crippen LogP contribution in [0.1, 0.15) is 17.9 Å². The van der Waals surface area contributed by atoms with E-state index in [-0.39, 0.29) is 17.2 Å². The van der Waals surface area contributed by atoms with Crippen molar-refractivity contribution in [2.75, 3.05) is 14.2 Å². The quantitative estimate of drug-likeness (QED) is 0.541. The predicted molar refractivity (Wildman–Crippen MR) is 111 cm³/mol. The van der Waals surface area contributed by atoms with Crippen molar-refractivity contribution in [1.29, 1.82) is 0 Å². The van der Waals surface area contributed by atoms with Gasteiger partial charge < -0.3 is 14.5 Å². The smallest absolute Gasteiger partial charge is 0.240 e. The predicted octanol–water partition coefficient (Wildman–Crippen LogP) is 2.51. The lowest BCUT2D eigenvalue weighted by atomic mass is 10.2. The molecule has 0 aliphatic heterocycles. The normalized spacial score (nSPS) is 11.3. The van der Waals surface area contributed by atoms with E-state index in [1.54, 1.807) is 25.4 Å². The van der Waals surface area contributed by atoms with E-state index in [1.165, 1.54) is 19.2 Å². The van der Waals surface area contributed by atoms with Crippen LogP contribution in [0.25, 0.3) is 11.3 Å². The van der Waals surface area contributed by atoms with Gasteiger partial charge in [0.25, 0.3) is 0 Å². The van der Waals surface area contributed by atoms with Crippen LogP contribution < -0.4 is 14.8 Å². The van der Waals surface area contributed by atoms with Gasteiger partial charge in [-0.1, -0.05) is 12.1 Å². The number of sulfonamides is 1. The number of benzene rings is 2. The third-order valence-electron chi connectivity index (χ3n) is 4.49. The third kappa shape index (κ3) is 5.46. The molecule has 0 radical (unpaired) electrons. The Labute approximate surface area is 175 Å². The number of hydrogen-bond donors (Lipinski definition) is 2. The molecule has 158 valence electrons. The van der Waals surface area contributed by atoms with Gasteiger partial charge >= 0.3 is 0 Å². The summed E-state index contributed by atoms with van der Waals surface area (Å²) in [6, 6.07) is 13.8. The first-order valence-corrected chi connectivity index (χ1v) is 10.8. The SMILES string of the molecule is CNS(=O)(=O)c1ccc(CNC(=O)CCc2ncc(-c3ccc(OC)cc3)o2)cc1. The van der Waals surface area contributed by atoms with Crippen molar-refractivity contribution in [3.05, 3.63) is 66.2 Å². The van der Waals surface area contributed by atoms with Crippen LogP contribution in [0.2, 0.25) is 0 Å². The number of amides is 1. The zero-order chi connectivity index (χ0) is 21.6. The van der Waals surface area contributed by atoms with Gasteiger partial charge in [-0.15, -0.1) is 0 Å². The fourth-order valence-electron chi connectivity index (χ4n) is 2.73. The van der Waals surface area contributed by atoms with E-state index in [9.17, 15) is 13.2 Å². The highest BCUT2D eigenvalue weighted by Crippen LogP contribution is 2.23. The molecule has 1 amide bonds. The Morgan fingerprint density at radius 3 is 2.43 bits per heavy atom. The Balaban J connectivity index is 1.48. The lowest BCUT2D eigenvalue weighted by molar-refractivity contribution is -0.121. The van der Waals surface area contributed by atoms with Gasteiger partial charge in [0.15, 0.2) is 11.7 Å². The average molecular weight is 429 g/mol. The molecule has 1 aromatic heterocycles. The van der Waals surface area contributed by atoms with Crippen molar-refractivity contribution in [3.8, 4) is 17.1 Å². The van der Waals surface area contributed by atoms with Gasteiger partial charge in [0.2, 0.25) is 15.9 Å². The second kappa shape index (κ2) is 9.55. The van der Waals surface area contributed by atoms with E-state index in [1.807, 2.05) is 24.3 Å². The van der Waals surface area contributed by atoms with Gasteiger partial charge in [0.05, 0.1) is 18.2 Å². The van der Waals surface area contributed by atoms with Crippen LogP contribution in [0.5, 0.6) is 5.75 Å². The fourth-order valence-corrected chi connectivity index (χ4v) is 3.46. The summed E-state index contributed by atoms with van der Waals surface area (Å²) >= 11 is 0. The number of hydrogen-bond acceptors (Lipinski definition) is 6. The zero-order valence-electron chi connectivity index (χ0n) is 16.7. The Hall–Kier alpha value is -3.17. The number of aryl methyl sites for hydroxylation is 1. The molecule has 0 saturated carbocycles. The average Bonchev–Trinajstić information content (AvgIpc) is 3.25. The molecule has 0 spiro atoms. The maximum atomic E-state index is 12.1. The summed E-state index contributed by atoms with van der Waals surface area (Å²) in [5.74, 6) is 1.72. The highest BCUT2D eigenvalue weighted by Gasteiger charge is 2.11. The number of carbonyl (C=O) groups excluding carboxylic acids is 1. The Bertz CT molecular complexity index is 1090. The van der Waals surface area contributed by atoms with Gasteiger partial charge in [0.1, 0.15) is 5.75 Å². The Kier molecular flexibility index (Phi) is 6.86. The third-order valence-corrected chi connectivity index (χ3v) is 5.92. The number of ether oxygens (including phenoxy) is 1. The van der Waals surface area contributed by atoms with Gasteiger partial charge in [-0.2, -0.15) is 0 Å². The largest absolute Gasteiger partial charge is 0.497 e. The minimum Gasteiger partial charge on any atom is -0.497 e. The molecule has 0 bridgehead atoms. The molecule has 2 N–H and O–H groups in total. The number of carbonyl (C=O) groups is 1. The van der Waals surface area contributed by atoms with Crippen molar-refractivity contribution in [3.63, 3.8) is 0 Å². The minimum atomic E-state index is -3.47. The maximum absolute atomic E-state index is 12.1. The molecule has 0 aliphatic carbocycles. The lowest BCUT2D eigenvalue weighted by Crippen LogP contribution is -2.23. The van der Waals surface area contributed by atoms with Crippen LogP contribution >= 0.6 is 0 Å². The molecule has 30 heavy (non-hydrogen) atoms. The van der Waals surface area contributed by atoms with E-state index >= 15 is 0 Å². The minimum absolute atomic E-state index is 0.147. The molecule has 3 aromatic rings. The van der Waals surface area contributed by atoms with Crippen molar-refractivity contribution in [2.45, 2.75) is 24.3 Å². The van der Waals surface area contributed by atoms with E-state index in [0.717, 1.165) is 16.9 Å². The summed E-state index contributed by atoms with van der Waals surface area (Å²) in [5.41, 5.74) is 1.68. The first-order valence-electron chi connectivity index (χ1n) is 9.29. The number of aromatic nitrogens is 1. The van der Waals surface area contributed by atoms with E-state index in [4.69, 9.17) is 9.15 Å². The summed E-state index contributed by atoms with van der Waals surface area (Å²) < 4.78 is 36.5. The molecule has 9 heteroatoms. The molecule has 0 atom stereocenters. The topological polar surface area (TPSA) is 111 Å². The Morgan fingerprint density at radius 1 is 1.10 bits per heavy atom. The number of methoxy groups -OCH3 is 1. The second-order valence-electron chi connectivity index (χ2n) is 6.47. The summed E-state index contributed by atoms with van der Waals surface area (Å²) in [6.07, 6.45) is 2.24. The van der Waals surface area contributed by atoms with Crippen molar-refractivity contribution < 1.29 is 22.4 Å². The molecule has 0 unspecified atom stereocenters. The van der Waals surface area contributed by atoms with Gasteiger partial charge in [-0.3, -0.25) is 4.79 Å². The molecule has 0 saturated heterocycles. The number of rotatable bonds is 9. The molecule has 1 heterocycles. The summed E-state index contributed by atoms with van der Waals surface area (Å²) in [4.78, 5) is 16.5. The van der Waals surface area contributed by atoms with E-state index in [0.29, 0.717) is 24.6 Å². The highest BCUT2D eigenvalue weighted by atomic mass is 32.2. The van der Waals surface area contributed by atoms with Gasteiger partial charge in [0, 0.05) is 24.9 Å². The standard InChI is InChI=1S/C21H23N3O5S/c1-22-30(26,27)18-9-3-15(4-10-18)13-23-20(25)11-12-21-24-14-19(29-21)16-5-7-17(28-2)8-6-16/h3-10,14,22H,11-13H2,1-2H3,(H,23,25).